The quantitative estimate of drug-likeness (QED) is 0.855. The number of piperidine rings is 1. The van der Waals surface area contributed by atoms with Crippen molar-refractivity contribution in [2.75, 3.05) is 13.1 Å². The molecule has 1 fully saturated rings. The second-order valence-corrected chi connectivity index (χ2v) is 7.81. The molecule has 1 aliphatic rings. The minimum Gasteiger partial charge on any atom is -0.310 e. The Morgan fingerprint density at radius 2 is 1.88 bits per heavy atom. The number of rotatable bonds is 5. The van der Waals surface area contributed by atoms with Crippen LogP contribution in [0.5, 0.6) is 0 Å². The van der Waals surface area contributed by atoms with Gasteiger partial charge in [0.05, 0.1) is 6.20 Å². The Morgan fingerprint density at radius 1 is 1.20 bits per heavy atom. The van der Waals surface area contributed by atoms with Crippen LogP contribution in [0.15, 0.2) is 30.7 Å². The zero-order valence-corrected chi connectivity index (χ0v) is 16.3. The molecule has 138 valence electrons. The zero-order valence-electron chi connectivity index (χ0n) is 15.5. The van der Waals surface area contributed by atoms with Crippen LogP contribution in [0.1, 0.15) is 50.4 Å². The van der Waals surface area contributed by atoms with Crippen molar-refractivity contribution >= 4 is 12.4 Å². The van der Waals surface area contributed by atoms with Crippen molar-refractivity contribution in [2.24, 2.45) is 0 Å². The maximum absolute atomic E-state index is 4.23. The summed E-state index contributed by atoms with van der Waals surface area (Å²) in [6.45, 7) is 10.9. The lowest BCUT2D eigenvalue weighted by molar-refractivity contribution is 0.190. The standard InChI is InChI=1S/C19H29N5.ClH/c1-19(2,3)18-16(13-22-23-18)12-21-17-6-10-24(11-7-17)14-15-4-8-20-9-5-15;/h4-5,8-9,13,17,21H,6-7,10-12,14H2,1-3H3,(H,22,23);1H. The lowest BCUT2D eigenvalue weighted by Crippen LogP contribution is -2.42. The maximum atomic E-state index is 4.23. The van der Waals surface area contributed by atoms with Crippen molar-refractivity contribution in [3.63, 3.8) is 0 Å². The molecule has 3 rings (SSSR count). The van der Waals surface area contributed by atoms with Crippen molar-refractivity contribution < 1.29 is 0 Å². The number of pyridine rings is 1. The Labute approximate surface area is 157 Å². The summed E-state index contributed by atoms with van der Waals surface area (Å²) >= 11 is 0. The smallest absolute Gasteiger partial charge is 0.0535 e. The first kappa shape index (κ1) is 19.9. The average Bonchev–Trinajstić information content (AvgIpc) is 3.04. The largest absolute Gasteiger partial charge is 0.310 e. The fraction of sp³-hybridized carbons (Fsp3) is 0.579. The molecule has 6 heteroatoms. The molecule has 1 aliphatic heterocycles. The third-order valence-corrected chi connectivity index (χ3v) is 4.79. The molecule has 0 aliphatic carbocycles. The summed E-state index contributed by atoms with van der Waals surface area (Å²) in [5.74, 6) is 0. The molecule has 2 N–H and O–H groups in total. The fourth-order valence-electron chi connectivity index (χ4n) is 3.39. The van der Waals surface area contributed by atoms with Gasteiger partial charge in [0, 0.05) is 48.2 Å². The van der Waals surface area contributed by atoms with Crippen LogP contribution < -0.4 is 5.32 Å². The highest BCUT2D eigenvalue weighted by molar-refractivity contribution is 5.85. The molecule has 0 spiro atoms. The van der Waals surface area contributed by atoms with E-state index < -0.39 is 0 Å². The molecule has 0 saturated carbocycles. The van der Waals surface area contributed by atoms with Crippen molar-refractivity contribution in [3.05, 3.63) is 47.5 Å². The first-order chi connectivity index (χ1) is 11.5. The molecule has 0 atom stereocenters. The second kappa shape index (κ2) is 8.79. The number of aromatic amines is 1. The normalized spacial score (nSPS) is 16.6. The molecular formula is C19H30ClN5. The minimum atomic E-state index is 0. The summed E-state index contributed by atoms with van der Waals surface area (Å²) < 4.78 is 0. The van der Waals surface area contributed by atoms with Gasteiger partial charge in [0.2, 0.25) is 0 Å². The van der Waals surface area contributed by atoms with Gasteiger partial charge in [0.25, 0.3) is 0 Å². The van der Waals surface area contributed by atoms with Gasteiger partial charge in [-0.3, -0.25) is 15.0 Å². The Balaban J connectivity index is 0.00000225. The predicted octanol–water partition coefficient (Wildman–Crippen LogP) is 3.28. The first-order valence-electron chi connectivity index (χ1n) is 8.90. The van der Waals surface area contributed by atoms with E-state index in [1.807, 2.05) is 18.6 Å². The molecule has 1 saturated heterocycles. The van der Waals surface area contributed by atoms with Crippen molar-refractivity contribution in [2.45, 2.75) is 58.2 Å². The molecule has 0 unspecified atom stereocenters. The molecule has 25 heavy (non-hydrogen) atoms. The van der Waals surface area contributed by atoms with Gasteiger partial charge in [-0.05, 0) is 43.6 Å². The molecule has 5 nitrogen and oxygen atoms in total. The van der Waals surface area contributed by atoms with Crippen LogP contribution in [-0.4, -0.2) is 39.2 Å². The number of hydrogen-bond donors (Lipinski definition) is 2. The summed E-state index contributed by atoms with van der Waals surface area (Å²) in [4.78, 5) is 6.62. The summed E-state index contributed by atoms with van der Waals surface area (Å²) in [5, 5.41) is 11.1. The van der Waals surface area contributed by atoms with Gasteiger partial charge in [-0.15, -0.1) is 12.4 Å². The Bertz CT molecular complexity index is 627. The van der Waals surface area contributed by atoms with E-state index in [0.717, 1.165) is 26.2 Å². The topological polar surface area (TPSA) is 56.8 Å². The van der Waals surface area contributed by atoms with Gasteiger partial charge in [0.15, 0.2) is 0 Å². The lowest BCUT2D eigenvalue weighted by atomic mass is 9.89. The Morgan fingerprint density at radius 3 is 2.52 bits per heavy atom. The van der Waals surface area contributed by atoms with Crippen LogP contribution in [0.3, 0.4) is 0 Å². The number of aromatic nitrogens is 3. The molecule has 0 bridgehead atoms. The van der Waals surface area contributed by atoms with Crippen molar-refractivity contribution in [3.8, 4) is 0 Å². The van der Waals surface area contributed by atoms with Gasteiger partial charge >= 0.3 is 0 Å². The maximum Gasteiger partial charge on any atom is 0.0535 e. The Hall–Kier alpha value is -1.43. The lowest BCUT2D eigenvalue weighted by Gasteiger charge is -2.32. The van der Waals surface area contributed by atoms with Crippen LogP contribution in [-0.2, 0) is 18.5 Å². The van der Waals surface area contributed by atoms with E-state index in [9.17, 15) is 0 Å². The van der Waals surface area contributed by atoms with Crippen LogP contribution in [0.25, 0.3) is 0 Å². The van der Waals surface area contributed by atoms with Gasteiger partial charge in [-0.25, -0.2) is 0 Å². The van der Waals surface area contributed by atoms with Gasteiger partial charge in [-0.2, -0.15) is 5.10 Å². The van der Waals surface area contributed by atoms with E-state index in [1.165, 1.54) is 29.7 Å². The monoisotopic (exact) mass is 363 g/mol. The number of H-pyrrole nitrogens is 1. The van der Waals surface area contributed by atoms with E-state index >= 15 is 0 Å². The van der Waals surface area contributed by atoms with E-state index in [4.69, 9.17) is 0 Å². The number of likely N-dealkylation sites (tertiary alicyclic amines) is 1. The predicted molar refractivity (Wildman–Crippen MR) is 104 cm³/mol. The molecule has 3 heterocycles. The first-order valence-corrected chi connectivity index (χ1v) is 8.90. The fourth-order valence-corrected chi connectivity index (χ4v) is 3.39. The molecular weight excluding hydrogens is 334 g/mol. The molecule has 2 aromatic rings. The molecule has 0 aromatic carbocycles. The third kappa shape index (κ3) is 5.53. The van der Waals surface area contributed by atoms with E-state index in [0.29, 0.717) is 6.04 Å². The highest BCUT2D eigenvalue weighted by atomic mass is 35.5. The SMILES string of the molecule is CC(C)(C)c1[nH]ncc1CNC1CCN(Cc2ccncc2)CC1.Cl. The summed E-state index contributed by atoms with van der Waals surface area (Å²) in [6.07, 6.45) is 8.12. The van der Waals surface area contributed by atoms with Crippen LogP contribution >= 0.6 is 12.4 Å². The Kier molecular flexibility index (Phi) is 6.99. The van der Waals surface area contributed by atoms with Gasteiger partial charge < -0.3 is 5.32 Å². The number of nitrogens with one attached hydrogen (secondary N) is 2. The average molecular weight is 364 g/mol. The van der Waals surface area contributed by atoms with Crippen LogP contribution in [0, 0.1) is 0 Å². The molecule has 0 amide bonds. The molecule has 0 radical (unpaired) electrons. The van der Waals surface area contributed by atoms with E-state index in [2.05, 4.69) is 58.3 Å². The molecule has 2 aromatic heterocycles. The minimum absolute atomic E-state index is 0. The number of nitrogens with zero attached hydrogens (tertiary/aromatic N) is 3. The van der Waals surface area contributed by atoms with Gasteiger partial charge in [0.1, 0.15) is 0 Å². The van der Waals surface area contributed by atoms with Crippen LogP contribution in [0.2, 0.25) is 0 Å². The zero-order chi connectivity index (χ0) is 17.0. The second-order valence-electron chi connectivity index (χ2n) is 7.81. The van der Waals surface area contributed by atoms with Gasteiger partial charge in [-0.1, -0.05) is 20.8 Å². The number of halogens is 1. The summed E-state index contributed by atoms with van der Waals surface area (Å²) in [5.41, 5.74) is 4.00. The van der Waals surface area contributed by atoms with E-state index in [-0.39, 0.29) is 17.8 Å². The summed E-state index contributed by atoms with van der Waals surface area (Å²) in [6, 6.07) is 4.82. The van der Waals surface area contributed by atoms with Crippen molar-refractivity contribution in [1.82, 2.24) is 25.4 Å². The highest BCUT2D eigenvalue weighted by Crippen LogP contribution is 2.23. The highest BCUT2D eigenvalue weighted by Gasteiger charge is 2.22. The van der Waals surface area contributed by atoms with Crippen molar-refractivity contribution in [1.29, 1.82) is 0 Å². The summed E-state index contributed by atoms with van der Waals surface area (Å²) in [7, 11) is 0. The number of hydrogen-bond acceptors (Lipinski definition) is 4. The third-order valence-electron chi connectivity index (χ3n) is 4.79. The van der Waals surface area contributed by atoms with E-state index in [1.54, 1.807) is 0 Å². The van der Waals surface area contributed by atoms with Crippen LogP contribution in [0.4, 0.5) is 0 Å².